The maximum atomic E-state index is 6.96. The van der Waals surface area contributed by atoms with Crippen LogP contribution < -0.4 is 16.4 Å². The van der Waals surface area contributed by atoms with Gasteiger partial charge in [-0.25, -0.2) is 0 Å². The van der Waals surface area contributed by atoms with Crippen LogP contribution >= 0.6 is 0 Å². The normalized spacial score (nSPS) is 8.25. The van der Waals surface area contributed by atoms with Crippen molar-refractivity contribution in [2.45, 2.75) is 0 Å². The van der Waals surface area contributed by atoms with Crippen LogP contribution in [0.3, 0.4) is 0 Å². The van der Waals surface area contributed by atoms with E-state index in [9.17, 15) is 0 Å². The highest BCUT2D eigenvalue weighted by atomic mass is 15.1. The monoisotopic (exact) mass is 116 g/mol. The Morgan fingerprint density at radius 3 is 2.75 bits per heavy atom. The molecule has 0 aliphatic heterocycles. The van der Waals surface area contributed by atoms with Crippen LogP contribution in [0.1, 0.15) is 0 Å². The van der Waals surface area contributed by atoms with Gasteiger partial charge in [-0.15, -0.1) is 0 Å². The zero-order chi connectivity index (χ0) is 6.41. The Morgan fingerprint density at radius 2 is 2.38 bits per heavy atom. The van der Waals surface area contributed by atoms with E-state index in [1.54, 1.807) is 7.05 Å². The third-order valence-corrected chi connectivity index (χ3v) is 0.696. The highest BCUT2D eigenvalue weighted by Crippen LogP contribution is 1.52. The summed E-state index contributed by atoms with van der Waals surface area (Å²) in [5.74, 6) is 0.315. The predicted octanol–water partition coefficient (Wildman–Crippen LogP) is -1.31. The van der Waals surface area contributed by atoms with Gasteiger partial charge in [0, 0.05) is 20.1 Å². The second kappa shape index (κ2) is 4.39. The van der Waals surface area contributed by atoms with Crippen LogP contribution in [0.15, 0.2) is 0 Å². The van der Waals surface area contributed by atoms with E-state index >= 15 is 0 Å². The molecule has 0 saturated carbocycles. The molecule has 0 bridgehead atoms. The smallest absolute Gasteiger partial charge is 0.188 e. The van der Waals surface area contributed by atoms with Gasteiger partial charge in [0.15, 0.2) is 5.96 Å². The lowest BCUT2D eigenvalue weighted by Gasteiger charge is -2.02. The van der Waals surface area contributed by atoms with Gasteiger partial charge in [-0.05, 0) is 0 Å². The maximum Gasteiger partial charge on any atom is 0.188 e. The molecule has 0 spiro atoms. The summed E-state index contributed by atoms with van der Waals surface area (Å²) in [6.45, 7) is 1.21. The number of nitrogens with two attached hydrogens (primary N) is 1. The fourth-order valence-electron chi connectivity index (χ4n) is 0.286. The largest absolute Gasteiger partial charge is 0.360 e. The van der Waals surface area contributed by atoms with E-state index in [2.05, 4.69) is 10.6 Å². The topological polar surface area (TPSA) is 73.9 Å². The summed E-state index contributed by atoms with van der Waals surface area (Å²) in [5.41, 5.74) is 5.14. The third kappa shape index (κ3) is 3.42. The van der Waals surface area contributed by atoms with Crippen LogP contribution in [0.2, 0.25) is 0 Å². The standard InChI is InChI=1S/C4H12N4/c1-7-4(6)8-3-2-5/h2-3,5H2,1H3,(H3,6,7,8). The lowest BCUT2D eigenvalue weighted by atomic mass is 10.6. The zero-order valence-corrected chi connectivity index (χ0v) is 4.99. The third-order valence-electron chi connectivity index (χ3n) is 0.696. The minimum absolute atomic E-state index is 0.315. The molecule has 0 fully saturated rings. The van der Waals surface area contributed by atoms with E-state index in [1.807, 2.05) is 0 Å². The summed E-state index contributed by atoms with van der Waals surface area (Å²) in [5, 5.41) is 12.3. The minimum Gasteiger partial charge on any atom is -0.360 e. The number of hydrogen-bond acceptors (Lipinski definition) is 2. The van der Waals surface area contributed by atoms with Gasteiger partial charge < -0.3 is 16.4 Å². The predicted molar refractivity (Wildman–Crippen MR) is 33.8 cm³/mol. The first-order chi connectivity index (χ1) is 3.81. The average Bonchev–Trinajstić information content (AvgIpc) is 1.83. The highest BCUT2D eigenvalue weighted by molar-refractivity contribution is 5.75. The summed E-state index contributed by atoms with van der Waals surface area (Å²) < 4.78 is 0. The second-order valence-electron chi connectivity index (χ2n) is 1.34. The summed E-state index contributed by atoms with van der Waals surface area (Å²) in [7, 11) is 1.69. The Balaban J connectivity index is 2.99. The molecule has 0 saturated heterocycles. The minimum atomic E-state index is 0.315. The van der Waals surface area contributed by atoms with Crippen LogP contribution in [-0.2, 0) is 0 Å². The molecule has 0 aromatic rings. The molecule has 0 aromatic heterocycles. The van der Waals surface area contributed by atoms with Gasteiger partial charge in [0.25, 0.3) is 0 Å². The Kier molecular flexibility index (Phi) is 3.97. The lowest BCUT2D eigenvalue weighted by molar-refractivity contribution is 0.839. The van der Waals surface area contributed by atoms with Crippen molar-refractivity contribution in [1.82, 2.24) is 10.6 Å². The quantitative estimate of drug-likeness (QED) is 0.267. The first kappa shape index (κ1) is 7.23. The molecule has 4 heteroatoms. The fraction of sp³-hybridized carbons (Fsp3) is 0.750. The van der Waals surface area contributed by atoms with Gasteiger partial charge in [-0.1, -0.05) is 0 Å². The Hall–Kier alpha value is -0.770. The molecule has 0 aromatic carbocycles. The molecule has 0 unspecified atom stereocenters. The molecule has 0 amide bonds. The molecule has 8 heavy (non-hydrogen) atoms. The highest BCUT2D eigenvalue weighted by Gasteiger charge is 1.84. The van der Waals surface area contributed by atoms with Crippen molar-refractivity contribution in [1.29, 1.82) is 5.41 Å². The molecule has 5 N–H and O–H groups in total. The van der Waals surface area contributed by atoms with Crippen molar-refractivity contribution in [3.63, 3.8) is 0 Å². The summed E-state index contributed by atoms with van der Waals surface area (Å²) in [4.78, 5) is 0. The maximum absolute atomic E-state index is 6.96. The van der Waals surface area contributed by atoms with Crippen molar-refractivity contribution in [3.8, 4) is 0 Å². The molecule has 0 heterocycles. The SMILES string of the molecule is CNC(=N)NCCN. The van der Waals surface area contributed by atoms with Gasteiger partial charge in [-0.2, -0.15) is 0 Å². The first-order valence-corrected chi connectivity index (χ1v) is 2.51. The number of rotatable bonds is 2. The van der Waals surface area contributed by atoms with E-state index in [1.165, 1.54) is 0 Å². The van der Waals surface area contributed by atoms with Gasteiger partial charge >= 0.3 is 0 Å². The van der Waals surface area contributed by atoms with Crippen molar-refractivity contribution in [3.05, 3.63) is 0 Å². The van der Waals surface area contributed by atoms with E-state index < -0.39 is 0 Å². The van der Waals surface area contributed by atoms with E-state index in [4.69, 9.17) is 11.1 Å². The molecular formula is C4H12N4. The zero-order valence-electron chi connectivity index (χ0n) is 4.99. The Labute approximate surface area is 49.0 Å². The molecule has 0 aliphatic carbocycles. The van der Waals surface area contributed by atoms with Crippen molar-refractivity contribution < 1.29 is 0 Å². The Morgan fingerprint density at radius 1 is 1.75 bits per heavy atom. The fourth-order valence-corrected chi connectivity index (χ4v) is 0.286. The Bertz CT molecular complexity index is 70.4. The van der Waals surface area contributed by atoms with Crippen LogP contribution in [0.4, 0.5) is 0 Å². The molecule has 0 aliphatic rings. The number of hydrogen-bond donors (Lipinski definition) is 4. The van der Waals surface area contributed by atoms with E-state index in [-0.39, 0.29) is 0 Å². The van der Waals surface area contributed by atoms with Crippen LogP contribution in [-0.4, -0.2) is 26.1 Å². The van der Waals surface area contributed by atoms with E-state index in [0.717, 1.165) is 0 Å². The van der Waals surface area contributed by atoms with Gasteiger partial charge in [-0.3, -0.25) is 5.41 Å². The lowest BCUT2D eigenvalue weighted by Crippen LogP contribution is -2.36. The molecule has 0 radical (unpaired) electrons. The van der Waals surface area contributed by atoms with Gasteiger partial charge in [0.05, 0.1) is 0 Å². The van der Waals surface area contributed by atoms with Crippen molar-refractivity contribution in [2.24, 2.45) is 5.73 Å². The molecule has 48 valence electrons. The van der Waals surface area contributed by atoms with Gasteiger partial charge in [0.2, 0.25) is 0 Å². The molecule has 4 nitrogen and oxygen atoms in total. The van der Waals surface area contributed by atoms with Crippen molar-refractivity contribution >= 4 is 5.96 Å². The molecule has 0 atom stereocenters. The van der Waals surface area contributed by atoms with Gasteiger partial charge in [0.1, 0.15) is 0 Å². The number of guanidine groups is 1. The van der Waals surface area contributed by atoms with Crippen LogP contribution in [0.5, 0.6) is 0 Å². The van der Waals surface area contributed by atoms with Crippen LogP contribution in [0, 0.1) is 5.41 Å². The van der Waals surface area contributed by atoms with E-state index in [0.29, 0.717) is 19.0 Å². The second-order valence-corrected chi connectivity index (χ2v) is 1.34. The number of nitrogens with one attached hydrogen (secondary N) is 3. The summed E-state index contributed by atoms with van der Waals surface area (Å²) in [6, 6.07) is 0. The average molecular weight is 116 g/mol. The molecule has 0 rings (SSSR count). The van der Waals surface area contributed by atoms with Crippen molar-refractivity contribution in [2.75, 3.05) is 20.1 Å². The summed E-state index contributed by atoms with van der Waals surface area (Å²) in [6.07, 6.45) is 0. The molecular weight excluding hydrogens is 104 g/mol. The summed E-state index contributed by atoms with van der Waals surface area (Å²) >= 11 is 0. The van der Waals surface area contributed by atoms with Crippen LogP contribution in [0.25, 0.3) is 0 Å². The first-order valence-electron chi connectivity index (χ1n) is 2.51.